The molecule has 1 amide bonds. The van der Waals surface area contributed by atoms with Crippen molar-refractivity contribution in [2.75, 3.05) is 12.9 Å². The Balaban J connectivity index is 1.80. The molecule has 164 valence electrons. The van der Waals surface area contributed by atoms with E-state index in [1.165, 1.54) is 23.0 Å². The van der Waals surface area contributed by atoms with Crippen molar-refractivity contribution in [3.63, 3.8) is 0 Å². The third kappa shape index (κ3) is 4.99. The number of ether oxygens (including phenoxy) is 1. The predicted molar refractivity (Wildman–Crippen MR) is 124 cm³/mol. The second-order valence-electron chi connectivity index (χ2n) is 7.20. The van der Waals surface area contributed by atoms with Crippen LogP contribution in [0.5, 0.6) is 0 Å². The van der Waals surface area contributed by atoms with Gasteiger partial charge in [0.25, 0.3) is 5.56 Å². The van der Waals surface area contributed by atoms with Crippen molar-refractivity contribution in [1.29, 1.82) is 0 Å². The molecule has 0 saturated carbocycles. The van der Waals surface area contributed by atoms with Gasteiger partial charge in [-0.15, -0.1) is 11.3 Å². The average Bonchev–Trinajstić information content (AvgIpc) is 3.22. The molecule has 1 N–H and O–H groups in total. The number of aromatic nitrogens is 2. The number of esters is 1. The van der Waals surface area contributed by atoms with Crippen molar-refractivity contribution in [1.82, 2.24) is 14.9 Å². The van der Waals surface area contributed by atoms with E-state index in [1.807, 2.05) is 49.6 Å². The maximum atomic E-state index is 13.0. The van der Waals surface area contributed by atoms with Crippen LogP contribution < -0.4 is 10.9 Å². The van der Waals surface area contributed by atoms with Crippen molar-refractivity contribution < 1.29 is 14.3 Å². The van der Waals surface area contributed by atoms with Crippen molar-refractivity contribution in [3.05, 3.63) is 46.1 Å². The molecule has 7 nitrogen and oxygen atoms in total. The number of rotatable bonds is 8. The van der Waals surface area contributed by atoms with Crippen LogP contribution >= 0.6 is 23.1 Å². The fourth-order valence-corrected chi connectivity index (χ4v) is 4.93. The summed E-state index contributed by atoms with van der Waals surface area (Å²) in [6.45, 7) is 3.83. The Labute approximate surface area is 188 Å². The number of nitrogens with zero attached hydrogens (tertiary/aromatic N) is 2. The summed E-state index contributed by atoms with van der Waals surface area (Å²) in [5, 5.41) is 5.70. The van der Waals surface area contributed by atoms with Gasteiger partial charge in [0.2, 0.25) is 5.91 Å². The van der Waals surface area contributed by atoms with Crippen LogP contribution in [0.3, 0.4) is 0 Å². The predicted octanol–water partition coefficient (Wildman–Crippen LogP) is 3.46. The van der Waals surface area contributed by atoms with Gasteiger partial charge in [0.05, 0.1) is 18.2 Å². The van der Waals surface area contributed by atoms with Crippen LogP contribution in [-0.2, 0) is 21.4 Å². The summed E-state index contributed by atoms with van der Waals surface area (Å²) in [4.78, 5) is 42.7. The molecule has 2 atom stereocenters. The summed E-state index contributed by atoms with van der Waals surface area (Å²) in [6.07, 6.45) is 0.724. The van der Waals surface area contributed by atoms with E-state index in [1.54, 1.807) is 7.05 Å². The number of carbonyl (C=O) groups is 2. The Bertz CT molecular complexity index is 1140. The summed E-state index contributed by atoms with van der Waals surface area (Å²) < 4.78 is 6.27. The molecule has 0 saturated heterocycles. The lowest BCUT2D eigenvalue weighted by atomic mass is 9.99. The normalized spacial score (nSPS) is 13.0. The second kappa shape index (κ2) is 10.1. The highest BCUT2D eigenvalue weighted by molar-refractivity contribution is 7.99. The van der Waals surface area contributed by atoms with Gasteiger partial charge in [-0.1, -0.05) is 62.4 Å². The van der Waals surface area contributed by atoms with E-state index in [0.717, 1.165) is 29.3 Å². The standard InChI is InChI=1S/C22H25N3O4S2/c1-5-13(2)18(21(28)29-4)23-16(26)12-31-22-24-19-17(20(27)25(22)3)15(11-30-19)14-9-7-6-8-10-14/h6-11,13,18H,5,12H2,1-4H3,(H,23,26)/t13-,18+/m0/s1. The lowest BCUT2D eigenvalue weighted by Gasteiger charge is -2.21. The lowest BCUT2D eigenvalue weighted by Crippen LogP contribution is -2.46. The third-order valence-electron chi connectivity index (χ3n) is 5.18. The minimum absolute atomic E-state index is 0.0344. The number of fused-ring (bicyclic) bond motifs is 1. The highest BCUT2D eigenvalue weighted by atomic mass is 32.2. The summed E-state index contributed by atoms with van der Waals surface area (Å²) in [7, 11) is 2.95. The van der Waals surface area contributed by atoms with E-state index in [0.29, 0.717) is 15.4 Å². The van der Waals surface area contributed by atoms with Gasteiger partial charge in [-0.3, -0.25) is 14.2 Å². The number of benzene rings is 1. The number of hydrogen-bond donors (Lipinski definition) is 1. The minimum Gasteiger partial charge on any atom is -0.467 e. The first-order valence-electron chi connectivity index (χ1n) is 9.91. The maximum absolute atomic E-state index is 13.0. The molecular formula is C22H25N3O4S2. The topological polar surface area (TPSA) is 90.3 Å². The van der Waals surface area contributed by atoms with Crippen molar-refractivity contribution in [2.45, 2.75) is 31.5 Å². The van der Waals surface area contributed by atoms with Crippen LogP contribution in [0.2, 0.25) is 0 Å². The quantitative estimate of drug-likeness (QED) is 0.315. The molecule has 0 unspecified atom stereocenters. The van der Waals surface area contributed by atoms with Crippen molar-refractivity contribution in [3.8, 4) is 11.1 Å². The largest absolute Gasteiger partial charge is 0.467 e. The Hall–Kier alpha value is -2.65. The van der Waals surface area contributed by atoms with E-state index in [4.69, 9.17) is 4.74 Å². The first-order valence-corrected chi connectivity index (χ1v) is 11.8. The minimum atomic E-state index is -0.701. The number of amides is 1. The lowest BCUT2D eigenvalue weighted by molar-refractivity contribution is -0.146. The van der Waals surface area contributed by atoms with E-state index in [-0.39, 0.29) is 23.1 Å². The number of thioether (sulfide) groups is 1. The van der Waals surface area contributed by atoms with Crippen LogP contribution in [0.15, 0.2) is 45.7 Å². The fourth-order valence-electron chi connectivity index (χ4n) is 3.15. The molecule has 2 heterocycles. The molecular weight excluding hydrogens is 434 g/mol. The monoisotopic (exact) mass is 459 g/mol. The SMILES string of the molecule is CC[C@H](C)[C@@H](NC(=O)CSc1nc2scc(-c3ccccc3)c2c(=O)n1C)C(=O)OC. The van der Waals surface area contributed by atoms with Crippen LogP contribution in [0.4, 0.5) is 0 Å². The van der Waals surface area contributed by atoms with E-state index in [9.17, 15) is 14.4 Å². The number of hydrogen-bond acceptors (Lipinski definition) is 7. The zero-order valence-corrected chi connectivity index (χ0v) is 19.5. The van der Waals surface area contributed by atoms with Crippen molar-refractivity contribution >= 4 is 45.2 Å². The van der Waals surface area contributed by atoms with Gasteiger partial charge in [-0.05, 0) is 11.5 Å². The zero-order chi connectivity index (χ0) is 22.5. The highest BCUT2D eigenvalue weighted by Gasteiger charge is 2.27. The molecule has 0 bridgehead atoms. The second-order valence-corrected chi connectivity index (χ2v) is 9.00. The molecule has 0 aliphatic rings. The Morgan fingerprint density at radius 1 is 1.29 bits per heavy atom. The van der Waals surface area contributed by atoms with Crippen LogP contribution in [0, 0.1) is 5.92 Å². The van der Waals surface area contributed by atoms with E-state index in [2.05, 4.69) is 10.3 Å². The highest BCUT2D eigenvalue weighted by Crippen LogP contribution is 2.31. The van der Waals surface area contributed by atoms with Gasteiger partial charge in [0.1, 0.15) is 10.9 Å². The number of carbonyl (C=O) groups excluding carboxylic acids is 2. The molecule has 0 aliphatic carbocycles. The summed E-state index contributed by atoms with van der Waals surface area (Å²) >= 11 is 2.57. The fraction of sp³-hybridized carbons (Fsp3) is 0.364. The molecule has 0 radical (unpaired) electrons. The first kappa shape index (κ1) is 23.0. The smallest absolute Gasteiger partial charge is 0.328 e. The van der Waals surface area contributed by atoms with Gasteiger partial charge in [-0.25, -0.2) is 9.78 Å². The number of thiophene rings is 1. The summed E-state index contributed by atoms with van der Waals surface area (Å²) in [5.74, 6) is -0.798. The zero-order valence-electron chi connectivity index (χ0n) is 17.9. The van der Waals surface area contributed by atoms with E-state index >= 15 is 0 Å². The maximum Gasteiger partial charge on any atom is 0.328 e. The number of methoxy groups -OCH3 is 1. The summed E-state index contributed by atoms with van der Waals surface area (Å²) in [6, 6.07) is 9.01. The molecule has 2 aromatic heterocycles. The molecule has 3 rings (SSSR count). The molecule has 0 aliphatic heterocycles. The van der Waals surface area contributed by atoms with Crippen LogP contribution in [0.25, 0.3) is 21.3 Å². The first-order chi connectivity index (χ1) is 14.9. The Morgan fingerprint density at radius 2 is 2.00 bits per heavy atom. The molecule has 0 fully saturated rings. The van der Waals surface area contributed by atoms with E-state index < -0.39 is 12.0 Å². The van der Waals surface area contributed by atoms with Gasteiger partial charge >= 0.3 is 5.97 Å². The molecule has 9 heteroatoms. The average molecular weight is 460 g/mol. The molecule has 3 aromatic rings. The Kier molecular flexibility index (Phi) is 7.50. The van der Waals surface area contributed by atoms with Gasteiger partial charge in [0, 0.05) is 18.0 Å². The molecule has 31 heavy (non-hydrogen) atoms. The van der Waals surface area contributed by atoms with Gasteiger partial charge < -0.3 is 10.1 Å². The molecule has 0 spiro atoms. The third-order valence-corrected chi connectivity index (χ3v) is 7.08. The summed E-state index contributed by atoms with van der Waals surface area (Å²) in [5.41, 5.74) is 1.67. The van der Waals surface area contributed by atoms with Gasteiger partial charge in [0.15, 0.2) is 5.16 Å². The van der Waals surface area contributed by atoms with Crippen molar-refractivity contribution in [2.24, 2.45) is 13.0 Å². The number of nitrogens with one attached hydrogen (secondary N) is 1. The molecule has 1 aromatic carbocycles. The van der Waals surface area contributed by atoms with Crippen LogP contribution in [-0.4, -0.2) is 40.3 Å². The van der Waals surface area contributed by atoms with Crippen LogP contribution in [0.1, 0.15) is 20.3 Å². The van der Waals surface area contributed by atoms with Gasteiger partial charge in [-0.2, -0.15) is 0 Å². The Morgan fingerprint density at radius 3 is 2.65 bits per heavy atom.